The van der Waals surface area contributed by atoms with E-state index in [1.807, 2.05) is 13.0 Å². The van der Waals surface area contributed by atoms with Crippen LogP contribution in [0.4, 0.5) is 0 Å². The van der Waals surface area contributed by atoms with Crippen molar-refractivity contribution in [1.29, 1.82) is 0 Å². The van der Waals surface area contributed by atoms with Gasteiger partial charge in [0.25, 0.3) is 0 Å². The molecule has 0 amide bonds. The van der Waals surface area contributed by atoms with Crippen LogP contribution in [-0.2, 0) is 9.84 Å². The van der Waals surface area contributed by atoms with Crippen molar-refractivity contribution in [3.05, 3.63) is 29.3 Å². The maximum absolute atomic E-state index is 12.0. The fourth-order valence-electron chi connectivity index (χ4n) is 1.67. The summed E-state index contributed by atoms with van der Waals surface area (Å²) in [6.07, 6.45) is 0. The molecule has 17 heavy (non-hydrogen) atoms. The Kier molecular flexibility index (Phi) is 5.11. The normalized spacial score (nSPS) is 11.7. The maximum atomic E-state index is 12.0. The second-order valence-electron chi connectivity index (χ2n) is 4.06. The lowest BCUT2D eigenvalue weighted by molar-refractivity contribution is 0.293. The Morgan fingerprint density at radius 2 is 1.94 bits per heavy atom. The number of sulfone groups is 1. The maximum Gasteiger partial charge on any atom is 0.179 e. The number of nitrogens with one attached hydrogen (secondary N) is 1. The molecule has 0 atom stereocenters. The van der Waals surface area contributed by atoms with Gasteiger partial charge in [-0.25, -0.2) is 8.42 Å². The van der Waals surface area contributed by atoms with E-state index < -0.39 is 9.84 Å². The highest BCUT2D eigenvalue weighted by Crippen LogP contribution is 2.17. The molecule has 0 saturated carbocycles. The highest BCUT2D eigenvalue weighted by Gasteiger charge is 2.16. The molecule has 4 nitrogen and oxygen atoms in total. The van der Waals surface area contributed by atoms with Gasteiger partial charge in [-0.3, -0.25) is 0 Å². The minimum atomic E-state index is -3.23. The van der Waals surface area contributed by atoms with E-state index in [1.54, 1.807) is 19.1 Å². The lowest BCUT2D eigenvalue weighted by Gasteiger charge is -2.08. The van der Waals surface area contributed by atoms with Gasteiger partial charge in [0.1, 0.15) is 0 Å². The zero-order chi connectivity index (χ0) is 12.9. The van der Waals surface area contributed by atoms with Gasteiger partial charge >= 0.3 is 0 Å². The molecule has 0 aliphatic rings. The van der Waals surface area contributed by atoms with Gasteiger partial charge in [0.15, 0.2) is 9.84 Å². The first kappa shape index (κ1) is 14.2. The SMILES string of the molecule is Cc1ccc(S(=O)(=O)CCNCCO)c(C)c1. The van der Waals surface area contributed by atoms with Crippen LogP contribution < -0.4 is 5.32 Å². The van der Waals surface area contributed by atoms with E-state index in [9.17, 15) is 8.42 Å². The zero-order valence-electron chi connectivity index (χ0n) is 10.2. The Labute approximate surface area is 103 Å². The molecule has 96 valence electrons. The summed E-state index contributed by atoms with van der Waals surface area (Å²) in [5.74, 6) is 0.0525. The lowest BCUT2D eigenvalue weighted by atomic mass is 10.2. The molecule has 0 saturated heterocycles. The summed E-state index contributed by atoms with van der Waals surface area (Å²) in [6, 6.07) is 5.33. The molecule has 0 aliphatic heterocycles. The third kappa shape index (κ3) is 4.11. The molecule has 5 heteroatoms. The van der Waals surface area contributed by atoms with Gasteiger partial charge in [0.2, 0.25) is 0 Å². The van der Waals surface area contributed by atoms with Gasteiger partial charge in [-0.2, -0.15) is 0 Å². The van der Waals surface area contributed by atoms with E-state index >= 15 is 0 Å². The van der Waals surface area contributed by atoms with E-state index in [-0.39, 0.29) is 12.4 Å². The number of aliphatic hydroxyl groups is 1. The monoisotopic (exact) mass is 257 g/mol. The molecule has 1 rings (SSSR count). The van der Waals surface area contributed by atoms with Crippen molar-refractivity contribution >= 4 is 9.84 Å². The predicted molar refractivity (Wildman–Crippen MR) is 67.9 cm³/mol. The quantitative estimate of drug-likeness (QED) is 0.735. The molecule has 0 aromatic heterocycles. The average Bonchev–Trinajstić information content (AvgIpc) is 2.24. The fraction of sp³-hybridized carbons (Fsp3) is 0.500. The summed E-state index contributed by atoms with van der Waals surface area (Å²) in [5, 5.41) is 11.4. The third-order valence-electron chi connectivity index (χ3n) is 2.50. The number of aryl methyl sites for hydroxylation is 2. The van der Waals surface area contributed by atoms with Crippen LogP contribution >= 0.6 is 0 Å². The highest BCUT2D eigenvalue weighted by molar-refractivity contribution is 7.91. The number of rotatable bonds is 6. The molecule has 0 radical (unpaired) electrons. The molecule has 1 aromatic carbocycles. The zero-order valence-corrected chi connectivity index (χ0v) is 11.0. The van der Waals surface area contributed by atoms with E-state index in [0.29, 0.717) is 18.0 Å². The largest absolute Gasteiger partial charge is 0.395 e. The number of aliphatic hydroxyl groups excluding tert-OH is 1. The van der Waals surface area contributed by atoms with Crippen LogP contribution in [0, 0.1) is 13.8 Å². The second-order valence-corrected chi connectivity index (χ2v) is 6.14. The minimum Gasteiger partial charge on any atom is -0.395 e. The van der Waals surface area contributed by atoms with Crippen LogP contribution in [0.3, 0.4) is 0 Å². The Hall–Kier alpha value is -0.910. The highest BCUT2D eigenvalue weighted by atomic mass is 32.2. The van der Waals surface area contributed by atoms with Gasteiger partial charge in [-0.1, -0.05) is 17.7 Å². The molecule has 0 heterocycles. The van der Waals surface area contributed by atoms with Crippen molar-refractivity contribution in [2.24, 2.45) is 0 Å². The number of hydrogen-bond acceptors (Lipinski definition) is 4. The van der Waals surface area contributed by atoms with Crippen molar-refractivity contribution in [3.8, 4) is 0 Å². The van der Waals surface area contributed by atoms with Gasteiger partial charge in [0, 0.05) is 13.1 Å². The van der Waals surface area contributed by atoms with Crippen LogP contribution in [0.25, 0.3) is 0 Å². The van der Waals surface area contributed by atoms with E-state index in [0.717, 1.165) is 11.1 Å². The summed E-state index contributed by atoms with van der Waals surface area (Å²) >= 11 is 0. The van der Waals surface area contributed by atoms with Crippen molar-refractivity contribution in [2.75, 3.05) is 25.4 Å². The van der Waals surface area contributed by atoms with Crippen LogP contribution in [-0.4, -0.2) is 39.0 Å². The molecular weight excluding hydrogens is 238 g/mol. The topological polar surface area (TPSA) is 66.4 Å². The third-order valence-corrected chi connectivity index (χ3v) is 4.37. The average molecular weight is 257 g/mol. The Balaban J connectivity index is 2.76. The molecular formula is C12H19NO3S. The summed E-state index contributed by atoms with van der Waals surface area (Å²) in [7, 11) is -3.23. The summed E-state index contributed by atoms with van der Waals surface area (Å²) in [5.41, 5.74) is 1.84. The smallest absolute Gasteiger partial charge is 0.179 e. The molecule has 1 aromatic rings. The summed E-state index contributed by atoms with van der Waals surface area (Å²) in [6.45, 7) is 4.54. The molecule has 0 spiro atoms. The van der Waals surface area contributed by atoms with Gasteiger partial charge in [-0.15, -0.1) is 0 Å². The van der Waals surface area contributed by atoms with Crippen LogP contribution in [0.2, 0.25) is 0 Å². The van der Waals surface area contributed by atoms with Crippen LogP contribution in [0.15, 0.2) is 23.1 Å². The van der Waals surface area contributed by atoms with Crippen LogP contribution in [0.1, 0.15) is 11.1 Å². The van der Waals surface area contributed by atoms with Crippen molar-refractivity contribution in [3.63, 3.8) is 0 Å². The Morgan fingerprint density at radius 3 is 2.53 bits per heavy atom. The number of hydrogen-bond donors (Lipinski definition) is 2. The summed E-state index contributed by atoms with van der Waals surface area (Å²) in [4.78, 5) is 0.397. The Bertz CT molecular complexity index is 469. The van der Waals surface area contributed by atoms with Gasteiger partial charge < -0.3 is 10.4 Å². The van der Waals surface area contributed by atoms with Crippen molar-refractivity contribution in [2.45, 2.75) is 18.7 Å². The van der Waals surface area contributed by atoms with Crippen LogP contribution in [0.5, 0.6) is 0 Å². The fourth-order valence-corrected chi connectivity index (χ4v) is 3.13. The standard InChI is InChI=1S/C12H19NO3S/c1-10-3-4-12(11(2)9-10)17(15,16)8-6-13-5-7-14/h3-4,9,13-14H,5-8H2,1-2H3. The van der Waals surface area contributed by atoms with Crippen molar-refractivity contribution in [1.82, 2.24) is 5.32 Å². The molecule has 0 unspecified atom stereocenters. The molecule has 2 N–H and O–H groups in total. The first-order valence-electron chi connectivity index (χ1n) is 5.59. The minimum absolute atomic E-state index is 0.0175. The predicted octanol–water partition coefficient (Wildman–Crippen LogP) is 0.659. The summed E-state index contributed by atoms with van der Waals surface area (Å²) < 4.78 is 24.0. The van der Waals surface area contributed by atoms with E-state index in [2.05, 4.69) is 5.32 Å². The first-order chi connectivity index (χ1) is 7.97. The molecule has 0 bridgehead atoms. The van der Waals surface area contributed by atoms with Gasteiger partial charge in [0.05, 0.1) is 17.3 Å². The van der Waals surface area contributed by atoms with Crippen molar-refractivity contribution < 1.29 is 13.5 Å². The second kappa shape index (κ2) is 6.14. The van der Waals surface area contributed by atoms with E-state index in [1.165, 1.54) is 0 Å². The first-order valence-corrected chi connectivity index (χ1v) is 7.24. The molecule has 0 aliphatic carbocycles. The van der Waals surface area contributed by atoms with E-state index in [4.69, 9.17) is 5.11 Å². The molecule has 0 fully saturated rings. The van der Waals surface area contributed by atoms with Gasteiger partial charge in [-0.05, 0) is 25.5 Å². The number of benzene rings is 1. The lowest BCUT2D eigenvalue weighted by Crippen LogP contribution is -2.25. The Morgan fingerprint density at radius 1 is 1.24 bits per heavy atom.